The van der Waals surface area contributed by atoms with E-state index >= 15 is 0 Å². The molecule has 4 aliphatic carbocycles. The lowest BCUT2D eigenvalue weighted by atomic mass is 9.89. The second kappa shape index (κ2) is 9.27. The zero-order chi connectivity index (χ0) is 26.3. The summed E-state index contributed by atoms with van der Waals surface area (Å²) < 4.78 is 0. The number of hydrogen-bond acceptors (Lipinski definition) is 1. The van der Waals surface area contributed by atoms with Crippen molar-refractivity contribution in [1.29, 1.82) is 0 Å². The van der Waals surface area contributed by atoms with Crippen molar-refractivity contribution in [1.82, 2.24) is 0 Å². The Hall–Kier alpha value is -5.21. The third kappa shape index (κ3) is 4.13. The van der Waals surface area contributed by atoms with E-state index in [0.717, 1.165) is 44.5 Å². The van der Waals surface area contributed by atoms with Crippen molar-refractivity contribution in [2.24, 2.45) is 0 Å². The van der Waals surface area contributed by atoms with Gasteiger partial charge in [-0.25, -0.2) is 4.79 Å². The van der Waals surface area contributed by atoms with Gasteiger partial charge in [0, 0.05) is 0 Å². The SMILES string of the molecule is O=C(O)c1c2cccc1-c1cccc(c1)-c1ccc(cc1)-c1ccc(cc1)-c1ccc(cc1)-c1cccc-2c1. The van der Waals surface area contributed by atoms with Crippen LogP contribution in [0, 0.1) is 0 Å². The molecule has 6 aromatic carbocycles. The largest absolute Gasteiger partial charge is 0.478 e. The molecule has 0 amide bonds. The molecule has 0 aromatic heterocycles. The van der Waals surface area contributed by atoms with Crippen LogP contribution in [0.15, 0.2) is 140 Å². The molecule has 2 heteroatoms. The van der Waals surface area contributed by atoms with E-state index in [1.54, 1.807) is 0 Å². The molecule has 0 aliphatic heterocycles. The minimum Gasteiger partial charge on any atom is -0.478 e. The number of aromatic carboxylic acids is 1. The van der Waals surface area contributed by atoms with Crippen LogP contribution in [0.4, 0.5) is 0 Å². The molecule has 12 bridgehead atoms. The van der Waals surface area contributed by atoms with Gasteiger partial charge in [0.25, 0.3) is 0 Å². The fourth-order valence-electron chi connectivity index (χ4n) is 5.56. The van der Waals surface area contributed by atoms with Crippen LogP contribution in [0.2, 0.25) is 0 Å². The van der Waals surface area contributed by atoms with E-state index in [1.165, 1.54) is 11.1 Å². The number of fused-ring (bicyclic) bond motifs is 3. The van der Waals surface area contributed by atoms with E-state index < -0.39 is 5.97 Å². The van der Waals surface area contributed by atoms with Crippen molar-refractivity contribution < 1.29 is 9.90 Å². The average molecular weight is 501 g/mol. The molecule has 0 atom stereocenters. The Kier molecular flexibility index (Phi) is 5.45. The number of rotatable bonds is 1. The Bertz CT molecular complexity index is 1720. The van der Waals surface area contributed by atoms with Gasteiger partial charge in [0.15, 0.2) is 0 Å². The Labute approximate surface area is 227 Å². The van der Waals surface area contributed by atoms with Crippen LogP contribution >= 0.6 is 0 Å². The van der Waals surface area contributed by atoms with Gasteiger partial charge >= 0.3 is 5.97 Å². The topological polar surface area (TPSA) is 37.3 Å². The third-order valence-electron chi connectivity index (χ3n) is 7.61. The first-order chi connectivity index (χ1) is 19.1. The lowest BCUT2D eigenvalue weighted by Gasteiger charge is -2.14. The Balaban J connectivity index is 1.49. The summed E-state index contributed by atoms with van der Waals surface area (Å²) >= 11 is 0. The van der Waals surface area contributed by atoms with Crippen molar-refractivity contribution in [2.75, 3.05) is 0 Å². The predicted molar refractivity (Wildman–Crippen MR) is 160 cm³/mol. The highest BCUT2D eigenvalue weighted by Crippen LogP contribution is 2.37. The molecular formula is C37H24O2. The van der Waals surface area contributed by atoms with E-state index in [2.05, 4.69) is 97.1 Å². The van der Waals surface area contributed by atoms with Crippen LogP contribution < -0.4 is 0 Å². The van der Waals surface area contributed by atoms with Crippen LogP contribution in [0.1, 0.15) is 10.4 Å². The Morgan fingerprint density at radius 1 is 0.359 bits per heavy atom. The Morgan fingerprint density at radius 3 is 0.974 bits per heavy atom. The third-order valence-corrected chi connectivity index (χ3v) is 7.61. The van der Waals surface area contributed by atoms with Crippen LogP contribution in [0.3, 0.4) is 0 Å². The van der Waals surface area contributed by atoms with Gasteiger partial charge < -0.3 is 5.11 Å². The molecule has 6 aromatic rings. The van der Waals surface area contributed by atoms with Gasteiger partial charge in [0.1, 0.15) is 0 Å². The van der Waals surface area contributed by atoms with Crippen LogP contribution in [-0.4, -0.2) is 11.1 Å². The highest BCUT2D eigenvalue weighted by Gasteiger charge is 2.19. The standard InChI is InChI=1S/C37H24O2/c38-37(39)36-34-8-3-9-35(36)33-7-2-5-31(23-33)29-20-16-27(17-21-29)25-12-10-24(11-13-25)26-14-18-28(19-15-26)30-4-1-6-32(34)22-30/h1-23H,(H,38,39). The highest BCUT2D eigenvalue weighted by molar-refractivity contribution is 6.03. The molecule has 0 saturated carbocycles. The monoisotopic (exact) mass is 500 g/mol. The molecule has 0 radical (unpaired) electrons. The second-order valence-corrected chi connectivity index (χ2v) is 9.93. The minimum absolute atomic E-state index is 0.310. The summed E-state index contributed by atoms with van der Waals surface area (Å²) in [6, 6.07) is 47.8. The van der Waals surface area contributed by atoms with Crippen LogP contribution in [0.25, 0.3) is 66.8 Å². The van der Waals surface area contributed by atoms with Gasteiger partial charge in [-0.1, -0.05) is 127 Å². The maximum absolute atomic E-state index is 12.7. The minimum atomic E-state index is -0.937. The molecule has 0 fully saturated rings. The van der Waals surface area contributed by atoms with Crippen molar-refractivity contribution in [3.8, 4) is 66.8 Å². The molecule has 184 valence electrons. The summed E-state index contributed by atoms with van der Waals surface area (Å²) in [5, 5.41) is 10.4. The predicted octanol–water partition coefficient (Wildman–Crippen LogP) is 9.70. The van der Waals surface area contributed by atoms with Gasteiger partial charge in [-0.15, -0.1) is 0 Å². The lowest BCUT2D eigenvalue weighted by molar-refractivity contribution is 0.0698. The van der Waals surface area contributed by atoms with E-state index in [1.807, 2.05) is 42.5 Å². The summed E-state index contributed by atoms with van der Waals surface area (Å²) in [5.41, 5.74) is 12.4. The van der Waals surface area contributed by atoms with Gasteiger partial charge in [0.2, 0.25) is 0 Å². The maximum Gasteiger partial charge on any atom is 0.336 e. The summed E-state index contributed by atoms with van der Waals surface area (Å²) in [6.07, 6.45) is 0. The first-order valence-corrected chi connectivity index (χ1v) is 13.0. The van der Waals surface area contributed by atoms with Gasteiger partial charge in [-0.05, 0) is 78.9 Å². The van der Waals surface area contributed by atoms with Crippen molar-refractivity contribution >= 4 is 5.97 Å². The molecule has 4 aliphatic rings. The van der Waals surface area contributed by atoms with Crippen molar-refractivity contribution in [3.63, 3.8) is 0 Å². The van der Waals surface area contributed by atoms with Gasteiger partial charge in [-0.2, -0.15) is 0 Å². The number of carbonyl (C=O) groups is 1. The number of carboxylic acids is 1. The fraction of sp³-hybridized carbons (Fsp3) is 0. The molecule has 0 spiro atoms. The van der Waals surface area contributed by atoms with Gasteiger partial charge in [-0.3, -0.25) is 0 Å². The zero-order valence-electron chi connectivity index (χ0n) is 21.1. The first kappa shape index (κ1) is 22.9. The zero-order valence-corrected chi connectivity index (χ0v) is 21.1. The summed E-state index contributed by atoms with van der Waals surface area (Å²) in [5.74, 6) is -0.937. The lowest BCUT2D eigenvalue weighted by Crippen LogP contribution is -2.03. The number of carboxylic acid groups (broad SMARTS) is 1. The van der Waals surface area contributed by atoms with E-state index in [9.17, 15) is 9.90 Å². The first-order valence-electron chi connectivity index (χ1n) is 13.0. The van der Waals surface area contributed by atoms with Crippen LogP contribution in [-0.2, 0) is 0 Å². The number of benzene rings is 6. The molecular weight excluding hydrogens is 476 g/mol. The van der Waals surface area contributed by atoms with Gasteiger partial charge in [0.05, 0.1) is 5.56 Å². The van der Waals surface area contributed by atoms with E-state index in [4.69, 9.17) is 0 Å². The second-order valence-electron chi connectivity index (χ2n) is 9.93. The van der Waals surface area contributed by atoms with Crippen molar-refractivity contribution in [3.05, 3.63) is 145 Å². The molecule has 1 N–H and O–H groups in total. The maximum atomic E-state index is 12.7. The molecule has 0 unspecified atom stereocenters. The molecule has 2 nitrogen and oxygen atoms in total. The quantitative estimate of drug-likeness (QED) is 0.244. The van der Waals surface area contributed by atoms with Crippen LogP contribution in [0.5, 0.6) is 0 Å². The summed E-state index contributed by atoms with van der Waals surface area (Å²) in [4.78, 5) is 12.7. The molecule has 0 heterocycles. The number of hydrogen-bond donors (Lipinski definition) is 1. The highest BCUT2D eigenvalue weighted by atomic mass is 16.4. The van der Waals surface area contributed by atoms with Crippen molar-refractivity contribution in [2.45, 2.75) is 0 Å². The average Bonchev–Trinajstić information content (AvgIpc) is 3.01. The summed E-state index contributed by atoms with van der Waals surface area (Å²) in [7, 11) is 0. The summed E-state index contributed by atoms with van der Waals surface area (Å²) in [6.45, 7) is 0. The van der Waals surface area contributed by atoms with E-state index in [0.29, 0.717) is 16.7 Å². The molecule has 0 saturated heterocycles. The normalized spacial score (nSPS) is 11.3. The molecule has 10 rings (SSSR count). The smallest absolute Gasteiger partial charge is 0.336 e. The van der Waals surface area contributed by atoms with E-state index in [-0.39, 0.29) is 0 Å². The Morgan fingerprint density at radius 2 is 0.641 bits per heavy atom. The molecule has 39 heavy (non-hydrogen) atoms. The fourth-order valence-corrected chi connectivity index (χ4v) is 5.56.